The van der Waals surface area contributed by atoms with E-state index in [-0.39, 0.29) is 18.4 Å². The molecule has 0 saturated carbocycles. The van der Waals surface area contributed by atoms with Crippen molar-refractivity contribution in [2.75, 3.05) is 0 Å². The van der Waals surface area contributed by atoms with Crippen LogP contribution in [0.3, 0.4) is 0 Å². The minimum atomic E-state index is -2.26. The zero-order valence-electron chi connectivity index (χ0n) is 5.77. The Hall–Kier alpha value is -0.180. The first-order valence-electron chi connectivity index (χ1n) is 3.07. The molecule has 0 aliphatic rings. The maximum atomic E-state index is 11.6. The summed E-state index contributed by atoms with van der Waals surface area (Å²) in [6, 6.07) is -0.356. The fraction of sp³-hybridized carbons (Fsp3) is 1.00. The fourth-order valence-electron chi connectivity index (χ4n) is 0.478. The highest BCUT2D eigenvalue weighted by Gasteiger charge is 2.13. The monoisotopic (exact) mass is 137 g/mol. The number of rotatable bonds is 3. The summed E-state index contributed by atoms with van der Waals surface area (Å²) >= 11 is 0. The van der Waals surface area contributed by atoms with Crippen molar-refractivity contribution in [3.8, 4) is 0 Å². The second kappa shape index (κ2) is 3.77. The van der Waals surface area contributed by atoms with Gasteiger partial charge in [-0.3, -0.25) is 0 Å². The number of alkyl halides is 2. The van der Waals surface area contributed by atoms with E-state index in [1.165, 1.54) is 0 Å². The lowest BCUT2D eigenvalue weighted by molar-refractivity contribution is 0.121. The highest BCUT2D eigenvalue weighted by molar-refractivity contribution is 4.65. The maximum absolute atomic E-state index is 11.6. The normalized spacial score (nSPS) is 15.0. The molecule has 56 valence electrons. The van der Waals surface area contributed by atoms with E-state index < -0.39 is 6.43 Å². The number of halogens is 2. The van der Waals surface area contributed by atoms with E-state index in [0.29, 0.717) is 0 Å². The molecule has 0 aromatic heterocycles. The molecule has 1 atom stereocenters. The van der Waals surface area contributed by atoms with Crippen LogP contribution in [0, 0.1) is 5.92 Å². The molecule has 3 heteroatoms. The van der Waals surface area contributed by atoms with E-state index >= 15 is 0 Å². The van der Waals surface area contributed by atoms with Crippen molar-refractivity contribution in [3.63, 3.8) is 0 Å². The van der Waals surface area contributed by atoms with Crippen molar-refractivity contribution in [3.05, 3.63) is 0 Å². The summed E-state index contributed by atoms with van der Waals surface area (Å²) in [4.78, 5) is 0. The molecule has 0 aliphatic heterocycles. The molecule has 0 radical (unpaired) electrons. The third-order valence-electron chi connectivity index (χ3n) is 1.31. The third-order valence-corrected chi connectivity index (χ3v) is 1.31. The lowest BCUT2D eigenvalue weighted by Gasteiger charge is -2.13. The van der Waals surface area contributed by atoms with Gasteiger partial charge in [-0.1, -0.05) is 13.8 Å². The van der Waals surface area contributed by atoms with Crippen molar-refractivity contribution in [2.24, 2.45) is 11.7 Å². The van der Waals surface area contributed by atoms with Crippen molar-refractivity contribution in [1.29, 1.82) is 0 Å². The Morgan fingerprint density at radius 3 is 1.89 bits per heavy atom. The van der Waals surface area contributed by atoms with Gasteiger partial charge >= 0.3 is 0 Å². The minimum Gasteiger partial charge on any atom is -0.327 e. The number of hydrogen-bond donors (Lipinski definition) is 1. The Morgan fingerprint density at radius 2 is 1.78 bits per heavy atom. The topological polar surface area (TPSA) is 26.0 Å². The SMILES string of the molecule is CC(C)[C@H](N)CC(F)F. The van der Waals surface area contributed by atoms with Gasteiger partial charge in [-0.05, 0) is 5.92 Å². The highest BCUT2D eigenvalue weighted by Crippen LogP contribution is 2.08. The van der Waals surface area contributed by atoms with Crippen molar-refractivity contribution < 1.29 is 8.78 Å². The molecule has 0 rings (SSSR count). The first kappa shape index (κ1) is 8.82. The molecule has 1 nitrogen and oxygen atoms in total. The number of hydrogen-bond acceptors (Lipinski definition) is 1. The van der Waals surface area contributed by atoms with Crippen LogP contribution in [0.5, 0.6) is 0 Å². The molecular formula is C6H13F2N. The third kappa shape index (κ3) is 4.33. The first-order chi connectivity index (χ1) is 4.04. The maximum Gasteiger partial charge on any atom is 0.240 e. The molecule has 0 saturated heterocycles. The summed E-state index contributed by atoms with van der Waals surface area (Å²) in [5.41, 5.74) is 5.34. The molecule has 0 spiro atoms. The van der Waals surface area contributed by atoms with Gasteiger partial charge in [0.2, 0.25) is 6.43 Å². The fourth-order valence-corrected chi connectivity index (χ4v) is 0.478. The molecular weight excluding hydrogens is 124 g/mol. The van der Waals surface area contributed by atoms with Crippen molar-refractivity contribution >= 4 is 0 Å². The van der Waals surface area contributed by atoms with E-state index in [1.807, 2.05) is 13.8 Å². The van der Waals surface area contributed by atoms with Gasteiger partial charge in [0.25, 0.3) is 0 Å². The van der Waals surface area contributed by atoms with Gasteiger partial charge in [0.1, 0.15) is 0 Å². The molecule has 0 aliphatic carbocycles. The smallest absolute Gasteiger partial charge is 0.240 e. The van der Waals surface area contributed by atoms with Gasteiger partial charge < -0.3 is 5.73 Å². The average molecular weight is 137 g/mol. The molecule has 0 aromatic rings. The van der Waals surface area contributed by atoms with E-state index in [4.69, 9.17) is 5.73 Å². The van der Waals surface area contributed by atoms with Crippen LogP contribution in [0.4, 0.5) is 8.78 Å². The molecule has 9 heavy (non-hydrogen) atoms. The predicted molar refractivity (Wildman–Crippen MR) is 33.4 cm³/mol. The highest BCUT2D eigenvalue weighted by atomic mass is 19.3. The minimum absolute atomic E-state index is 0.152. The molecule has 0 amide bonds. The van der Waals surface area contributed by atoms with E-state index in [9.17, 15) is 8.78 Å². The molecule has 0 unspecified atom stereocenters. The predicted octanol–water partition coefficient (Wildman–Crippen LogP) is 1.62. The van der Waals surface area contributed by atoms with Crippen LogP contribution in [0.15, 0.2) is 0 Å². The Morgan fingerprint density at radius 1 is 1.33 bits per heavy atom. The summed E-state index contributed by atoms with van der Waals surface area (Å²) in [5.74, 6) is 0.152. The van der Waals surface area contributed by atoms with Crippen molar-refractivity contribution in [1.82, 2.24) is 0 Å². The Labute approximate surface area is 54.2 Å². The van der Waals surface area contributed by atoms with E-state index in [2.05, 4.69) is 0 Å². The summed E-state index contributed by atoms with van der Waals surface area (Å²) in [6.45, 7) is 3.68. The zero-order chi connectivity index (χ0) is 7.44. The lowest BCUT2D eigenvalue weighted by Crippen LogP contribution is -2.28. The average Bonchev–Trinajstić information content (AvgIpc) is 1.63. The Balaban J connectivity index is 3.38. The van der Waals surface area contributed by atoms with Crippen LogP contribution < -0.4 is 5.73 Å². The zero-order valence-corrected chi connectivity index (χ0v) is 5.77. The molecule has 0 bridgehead atoms. The van der Waals surface area contributed by atoms with Crippen LogP contribution >= 0.6 is 0 Å². The summed E-state index contributed by atoms with van der Waals surface area (Å²) in [7, 11) is 0. The van der Waals surface area contributed by atoms with E-state index in [1.54, 1.807) is 0 Å². The number of nitrogens with two attached hydrogens (primary N) is 1. The van der Waals surface area contributed by atoms with Gasteiger partial charge in [-0.2, -0.15) is 0 Å². The summed E-state index contributed by atoms with van der Waals surface area (Å²) in [5, 5.41) is 0. The molecule has 2 N–H and O–H groups in total. The van der Waals surface area contributed by atoms with E-state index in [0.717, 1.165) is 0 Å². The first-order valence-corrected chi connectivity index (χ1v) is 3.07. The second-order valence-corrected chi connectivity index (χ2v) is 2.53. The van der Waals surface area contributed by atoms with Crippen LogP contribution in [-0.4, -0.2) is 12.5 Å². The van der Waals surface area contributed by atoms with Gasteiger partial charge in [0.05, 0.1) is 0 Å². The second-order valence-electron chi connectivity index (χ2n) is 2.53. The largest absolute Gasteiger partial charge is 0.327 e. The van der Waals surface area contributed by atoms with Gasteiger partial charge in [0, 0.05) is 12.5 Å². The molecule has 0 fully saturated rings. The van der Waals surface area contributed by atoms with Gasteiger partial charge in [-0.25, -0.2) is 8.78 Å². The van der Waals surface area contributed by atoms with Gasteiger partial charge in [-0.15, -0.1) is 0 Å². The Kier molecular flexibility index (Phi) is 3.70. The Bertz CT molecular complexity index is 73.5. The van der Waals surface area contributed by atoms with Crippen molar-refractivity contribution in [2.45, 2.75) is 32.7 Å². The summed E-state index contributed by atoms with van der Waals surface area (Å²) < 4.78 is 23.1. The lowest BCUT2D eigenvalue weighted by atomic mass is 10.0. The quantitative estimate of drug-likeness (QED) is 0.628. The molecule has 0 heterocycles. The standard InChI is InChI=1S/C6H13F2N/c1-4(2)5(9)3-6(7)8/h4-6H,3,9H2,1-2H3/t5-/m1/s1. The van der Waals surface area contributed by atoms with Crippen LogP contribution in [-0.2, 0) is 0 Å². The van der Waals surface area contributed by atoms with Gasteiger partial charge in [0.15, 0.2) is 0 Å². The van der Waals surface area contributed by atoms with Crippen LogP contribution in [0.25, 0.3) is 0 Å². The summed E-state index contributed by atoms with van der Waals surface area (Å²) in [6.07, 6.45) is -2.44. The molecule has 0 aromatic carbocycles. The van der Waals surface area contributed by atoms with Crippen LogP contribution in [0.2, 0.25) is 0 Å². The van der Waals surface area contributed by atoms with Crippen LogP contribution in [0.1, 0.15) is 20.3 Å².